The average molecular weight is 253 g/mol. The lowest BCUT2D eigenvalue weighted by Gasteiger charge is -2.44. The Kier molecular flexibility index (Phi) is 5.08. The summed E-state index contributed by atoms with van der Waals surface area (Å²) < 4.78 is 0. The molecule has 0 radical (unpaired) electrons. The molecule has 0 bridgehead atoms. The van der Waals surface area contributed by atoms with Crippen molar-refractivity contribution in [2.75, 3.05) is 19.7 Å². The molecule has 1 N–H and O–H groups in total. The van der Waals surface area contributed by atoms with E-state index in [0.717, 1.165) is 12.5 Å². The van der Waals surface area contributed by atoms with Gasteiger partial charge in [0.2, 0.25) is 0 Å². The van der Waals surface area contributed by atoms with Gasteiger partial charge in [0.25, 0.3) is 0 Å². The van der Waals surface area contributed by atoms with Crippen molar-refractivity contribution < 1.29 is 5.11 Å². The molecule has 0 amide bonds. The van der Waals surface area contributed by atoms with E-state index in [-0.39, 0.29) is 5.41 Å². The summed E-state index contributed by atoms with van der Waals surface area (Å²) in [6.45, 7) is 7.54. The van der Waals surface area contributed by atoms with Gasteiger partial charge in [0.05, 0.1) is 0 Å². The number of hydrogen-bond acceptors (Lipinski definition) is 2. The predicted molar refractivity (Wildman–Crippen MR) is 76.7 cm³/mol. The van der Waals surface area contributed by atoms with Gasteiger partial charge in [-0.2, -0.15) is 0 Å². The molecule has 1 saturated heterocycles. The van der Waals surface area contributed by atoms with Crippen LogP contribution in [0.15, 0.2) is 0 Å². The minimum absolute atomic E-state index is 0.210. The van der Waals surface area contributed by atoms with Crippen LogP contribution in [0.3, 0.4) is 0 Å². The van der Waals surface area contributed by atoms with Crippen LogP contribution in [0.2, 0.25) is 0 Å². The SMILES string of the molecule is CC1CCCN(CC2(CO)CCCCCC2)C1C. The second kappa shape index (κ2) is 6.38. The van der Waals surface area contributed by atoms with Crippen LogP contribution >= 0.6 is 0 Å². The Morgan fingerprint density at radius 3 is 2.33 bits per heavy atom. The van der Waals surface area contributed by atoms with E-state index in [1.165, 1.54) is 57.9 Å². The van der Waals surface area contributed by atoms with Crippen LogP contribution in [0.1, 0.15) is 65.2 Å². The third-order valence-corrected chi connectivity index (χ3v) is 5.54. The van der Waals surface area contributed by atoms with Crippen LogP contribution in [0, 0.1) is 11.3 Å². The van der Waals surface area contributed by atoms with Gasteiger partial charge in [-0.3, -0.25) is 4.90 Å². The van der Waals surface area contributed by atoms with E-state index in [0.29, 0.717) is 12.6 Å². The molecule has 0 spiro atoms. The lowest BCUT2D eigenvalue weighted by atomic mass is 9.79. The number of likely N-dealkylation sites (tertiary alicyclic amines) is 1. The topological polar surface area (TPSA) is 23.5 Å². The van der Waals surface area contributed by atoms with E-state index in [1.807, 2.05) is 0 Å². The maximum absolute atomic E-state index is 9.92. The minimum Gasteiger partial charge on any atom is -0.396 e. The molecule has 106 valence electrons. The zero-order chi connectivity index (χ0) is 13.0. The molecule has 2 fully saturated rings. The average Bonchev–Trinajstić information content (AvgIpc) is 2.61. The van der Waals surface area contributed by atoms with Crippen molar-refractivity contribution in [1.82, 2.24) is 4.90 Å². The summed E-state index contributed by atoms with van der Waals surface area (Å²) in [7, 11) is 0. The second-order valence-corrected chi connectivity index (χ2v) is 6.90. The predicted octanol–water partition coefficient (Wildman–Crippen LogP) is 3.44. The molecular weight excluding hydrogens is 222 g/mol. The van der Waals surface area contributed by atoms with Crippen molar-refractivity contribution in [1.29, 1.82) is 0 Å². The van der Waals surface area contributed by atoms with Gasteiger partial charge >= 0.3 is 0 Å². The van der Waals surface area contributed by atoms with Crippen molar-refractivity contribution in [3.05, 3.63) is 0 Å². The summed E-state index contributed by atoms with van der Waals surface area (Å²) in [4.78, 5) is 2.66. The molecule has 2 aliphatic rings. The van der Waals surface area contributed by atoms with E-state index < -0.39 is 0 Å². The highest BCUT2D eigenvalue weighted by Gasteiger charge is 2.35. The molecule has 1 saturated carbocycles. The van der Waals surface area contributed by atoms with Crippen LogP contribution in [0.4, 0.5) is 0 Å². The van der Waals surface area contributed by atoms with Crippen LogP contribution in [-0.2, 0) is 0 Å². The standard InChI is InChI=1S/C16H31NO/c1-14-8-7-11-17(15(14)2)12-16(13-18)9-5-3-4-6-10-16/h14-15,18H,3-13H2,1-2H3. The van der Waals surface area contributed by atoms with Crippen molar-refractivity contribution in [2.24, 2.45) is 11.3 Å². The lowest BCUT2D eigenvalue weighted by Crippen LogP contribution is -2.49. The third kappa shape index (κ3) is 3.27. The smallest absolute Gasteiger partial charge is 0.0499 e. The summed E-state index contributed by atoms with van der Waals surface area (Å²) in [6.07, 6.45) is 10.6. The third-order valence-electron chi connectivity index (χ3n) is 5.54. The van der Waals surface area contributed by atoms with Gasteiger partial charge in [-0.25, -0.2) is 0 Å². The zero-order valence-corrected chi connectivity index (χ0v) is 12.3. The molecule has 1 aliphatic carbocycles. The largest absolute Gasteiger partial charge is 0.396 e. The van der Waals surface area contributed by atoms with Crippen LogP contribution in [-0.4, -0.2) is 35.7 Å². The first-order valence-electron chi connectivity index (χ1n) is 8.02. The molecule has 0 aromatic rings. The molecule has 2 rings (SSSR count). The highest BCUT2D eigenvalue weighted by molar-refractivity contribution is 4.88. The Bertz CT molecular complexity index is 245. The Morgan fingerprint density at radius 1 is 1.06 bits per heavy atom. The van der Waals surface area contributed by atoms with Gasteiger partial charge < -0.3 is 5.11 Å². The first-order chi connectivity index (χ1) is 8.67. The van der Waals surface area contributed by atoms with E-state index in [1.54, 1.807) is 0 Å². The minimum atomic E-state index is 0.210. The number of rotatable bonds is 3. The molecule has 18 heavy (non-hydrogen) atoms. The Morgan fingerprint density at radius 2 is 1.72 bits per heavy atom. The normalized spacial score (nSPS) is 34.2. The fourth-order valence-electron chi connectivity index (χ4n) is 3.92. The summed E-state index contributed by atoms with van der Waals surface area (Å²) in [5.41, 5.74) is 0.210. The Labute approximate surface area is 113 Å². The molecule has 0 aromatic carbocycles. The molecule has 2 heteroatoms. The van der Waals surface area contributed by atoms with Gasteiger partial charge in [0.1, 0.15) is 0 Å². The van der Waals surface area contributed by atoms with Crippen LogP contribution in [0.5, 0.6) is 0 Å². The van der Waals surface area contributed by atoms with E-state index in [4.69, 9.17) is 0 Å². The number of piperidine rings is 1. The molecule has 0 aromatic heterocycles. The number of aliphatic hydroxyl groups excluding tert-OH is 1. The van der Waals surface area contributed by atoms with Gasteiger partial charge in [0, 0.05) is 24.6 Å². The van der Waals surface area contributed by atoms with Gasteiger partial charge in [-0.15, -0.1) is 0 Å². The van der Waals surface area contributed by atoms with Crippen molar-refractivity contribution in [3.8, 4) is 0 Å². The van der Waals surface area contributed by atoms with Crippen molar-refractivity contribution in [2.45, 2.75) is 71.3 Å². The fraction of sp³-hybridized carbons (Fsp3) is 1.00. The first-order valence-corrected chi connectivity index (χ1v) is 8.02. The maximum atomic E-state index is 9.92. The van der Waals surface area contributed by atoms with Gasteiger partial charge in [-0.05, 0) is 45.1 Å². The fourth-order valence-corrected chi connectivity index (χ4v) is 3.92. The Balaban J connectivity index is 1.99. The summed E-state index contributed by atoms with van der Waals surface area (Å²) in [5.74, 6) is 0.820. The van der Waals surface area contributed by atoms with Gasteiger partial charge in [0.15, 0.2) is 0 Å². The molecule has 2 nitrogen and oxygen atoms in total. The number of nitrogens with zero attached hydrogens (tertiary/aromatic N) is 1. The van der Waals surface area contributed by atoms with E-state index in [2.05, 4.69) is 18.7 Å². The quantitative estimate of drug-likeness (QED) is 0.779. The monoisotopic (exact) mass is 253 g/mol. The Hall–Kier alpha value is -0.0800. The summed E-state index contributed by atoms with van der Waals surface area (Å²) in [6, 6.07) is 0.699. The molecule has 2 atom stereocenters. The molecule has 2 unspecified atom stereocenters. The second-order valence-electron chi connectivity index (χ2n) is 6.90. The molecule has 1 heterocycles. The highest BCUT2D eigenvalue weighted by Crippen LogP contribution is 2.37. The van der Waals surface area contributed by atoms with Crippen LogP contribution < -0.4 is 0 Å². The summed E-state index contributed by atoms with van der Waals surface area (Å²) >= 11 is 0. The van der Waals surface area contributed by atoms with Crippen LogP contribution in [0.25, 0.3) is 0 Å². The zero-order valence-electron chi connectivity index (χ0n) is 12.3. The highest BCUT2D eigenvalue weighted by atomic mass is 16.3. The van der Waals surface area contributed by atoms with E-state index in [9.17, 15) is 5.11 Å². The maximum Gasteiger partial charge on any atom is 0.0499 e. The summed E-state index contributed by atoms with van der Waals surface area (Å²) in [5, 5.41) is 9.92. The van der Waals surface area contributed by atoms with E-state index >= 15 is 0 Å². The van der Waals surface area contributed by atoms with Gasteiger partial charge in [-0.1, -0.05) is 32.6 Å². The van der Waals surface area contributed by atoms with Crippen molar-refractivity contribution >= 4 is 0 Å². The first kappa shape index (κ1) is 14.3. The molecular formula is C16H31NO. The van der Waals surface area contributed by atoms with Crippen molar-refractivity contribution in [3.63, 3.8) is 0 Å². The number of hydrogen-bond donors (Lipinski definition) is 1. The lowest BCUT2D eigenvalue weighted by molar-refractivity contribution is 0.0177. The molecule has 1 aliphatic heterocycles. The number of aliphatic hydroxyl groups is 1.